The Bertz CT molecular complexity index is 1280. The van der Waals surface area contributed by atoms with Gasteiger partial charge in [-0.25, -0.2) is 9.97 Å². The summed E-state index contributed by atoms with van der Waals surface area (Å²) in [6, 6.07) is 4.39. The van der Waals surface area contributed by atoms with Gasteiger partial charge in [-0.3, -0.25) is 14.0 Å². The summed E-state index contributed by atoms with van der Waals surface area (Å²) in [5.41, 5.74) is 0.388. The van der Waals surface area contributed by atoms with Crippen molar-refractivity contribution >= 4 is 33.5 Å². The zero-order valence-electron chi connectivity index (χ0n) is 18.0. The Morgan fingerprint density at radius 2 is 2.15 bits per heavy atom. The lowest BCUT2D eigenvalue weighted by molar-refractivity contribution is 0.103. The van der Waals surface area contributed by atoms with Gasteiger partial charge in [0.15, 0.2) is 5.22 Å². The summed E-state index contributed by atoms with van der Waals surface area (Å²) in [5.74, 6) is 0.0682. The molecule has 14 heteroatoms. The van der Waals surface area contributed by atoms with E-state index in [4.69, 9.17) is 20.6 Å². The number of hydrogen-bond acceptors (Lipinski definition) is 9. The highest BCUT2D eigenvalue weighted by atomic mass is 35.5. The number of ketones is 1. The fraction of sp³-hybridized carbons (Fsp3) is 0.400. The van der Waals surface area contributed by atoms with Gasteiger partial charge < -0.3 is 14.8 Å². The number of furan rings is 1. The summed E-state index contributed by atoms with van der Waals surface area (Å²) in [6.07, 6.45) is 4.26. The minimum Gasteiger partial charge on any atom is -0.447 e. The topological polar surface area (TPSA) is 172 Å². The number of halogens is 1. The predicted octanol–water partition coefficient (Wildman–Crippen LogP) is 1.70. The third-order valence-corrected chi connectivity index (χ3v) is 6.46. The van der Waals surface area contributed by atoms with Crippen molar-refractivity contribution in [3.63, 3.8) is 0 Å². The van der Waals surface area contributed by atoms with E-state index in [0.717, 1.165) is 0 Å². The van der Waals surface area contributed by atoms with Crippen molar-refractivity contribution in [2.45, 2.75) is 38.0 Å². The van der Waals surface area contributed by atoms with Crippen LogP contribution in [0.2, 0.25) is 5.22 Å². The molecule has 3 heterocycles. The molecule has 0 unspecified atom stereocenters. The van der Waals surface area contributed by atoms with Crippen LogP contribution in [0.3, 0.4) is 0 Å². The standard InChI is InChI=1S/C20H23ClN6O6S/c1-11(17-2-3-18(21)33-17)27-5-4-15(26-27)19(29)14-9-22-10-23-20(14)25-13-6-12(16(28)7-13)8-24-34(30,31)32/h2-5,9-13,16,24,28H,6-8H2,1H3,(H,22,23,25)(H,30,31,32)/t11-,12+,13+,16-/m0/s1. The zero-order chi connectivity index (χ0) is 24.5. The van der Waals surface area contributed by atoms with Crippen LogP contribution < -0.4 is 10.0 Å². The fourth-order valence-electron chi connectivity index (χ4n) is 3.95. The maximum Gasteiger partial charge on any atom is 0.333 e. The highest BCUT2D eigenvalue weighted by Gasteiger charge is 2.34. The Hall–Kier alpha value is -2.84. The molecule has 0 aliphatic heterocycles. The van der Waals surface area contributed by atoms with Gasteiger partial charge in [-0.1, -0.05) is 0 Å². The third kappa shape index (κ3) is 5.62. The molecule has 1 fully saturated rings. The van der Waals surface area contributed by atoms with Crippen LogP contribution in [0.4, 0.5) is 5.82 Å². The van der Waals surface area contributed by atoms with Crippen LogP contribution >= 0.6 is 11.6 Å². The van der Waals surface area contributed by atoms with Gasteiger partial charge in [0.25, 0.3) is 0 Å². The first-order valence-electron chi connectivity index (χ1n) is 10.4. The van der Waals surface area contributed by atoms with Crippen LogP contribution in [0.25, 0.3) is 0 Å². The summed E-state index contributed by atoms with van der Waals surface area (Å²) < 4.78 is 39.7. The minimum atomic E-state index is -4.35. The van der Waals surface area contributed by atoms with Crippen LogP contribution in [0, 0.1) is 5.92 Å². The van der Waals surface area contributed by atoms with Gasteiger partial charge in [0.2, 0.25) is 5.78 Å². The second-order valence-electron chi connectivity index (χ2n) is 8.08. The van der Waals surface area contributed by atoms with E-state index in [1.165, 1.54) is 12.5 Å². The van der Waals surface area contributed by atoms with E-state index in [2.05, 4.69) is 20.4 Å². The molecule has 3 aromatic heterocycles. The van der Waals surface area contributed by atoms with Gasteiger partial charge in [-0.2, -0.15) is 18.2 Å². The Kier molecular flexibility index (Phi) is 7.00. The Morgan fingerprint density at radius 3 is 2.85 bits per heavy atom. The molecule has 4 N–H and O–H groups in total. The molecule has 0 spiro atoms. The van der Waals surface area contributed by atoms with E-state index in [1.54, 1.807) is 29.1 Å². The number of aliphatic hydroxyl groups excluding tert-OH is 1. The smallest absolute Gasteiger partial charge is 0.333 e. The average Bonchev–Trinajstić information content (AvgIpc) is 3.51. The van der Waals surface area contributed by atoms with Crippen LogP contribution in [-0.2, 0) is 10.3 Å². The number of hydrogen-bond donors (Lipinski definition) is 4. The maximum atomic E-state index is 13.2. The molecule has 0 aromatic carbocycles. The van der Waals surface area contributed by atoms with Crippen molar-refractivity contribution in [2.75, 3.05) is 11.9 Å². The maximum absolute atomic E-state index is 13.2. The Balaban J connectivity index is 1.46. The Morgan fingerprint density at radius 1 is 1.35 bits per heavy atom. The molecule has 4 rings (SSSR count). The van der Waals surface area contributed by atoms with Crippen molar-refractivity contribution in [3.8, 4) is 0 Å². The molecule has 0 radical (unpaired) electrons. The van der Waals surface area contributed by atoms with E-state index in [0.29, 0.717) is 18.6 Å². The summed E-state index contributed by atoms with van der Waals surface area (Å²) in [7, 11) is -4.35. The number of aliphatic hydroxyl groups is 1. The van der Waals surface area contributed by atoms with Gasteiger partial charge in [-0.15, -0.1) is 0 Å². The Labute approximate surface area is 200 Å². The van der Waals surface area contributed by atoms with Gasteiger partial charge in [0.05, 0.1) is 11.7 Å². The molecule has 4 atom stereocenters. The molecule has 0 bridgehead atoms. The second-order valence-corrected chi connectivity index (χ2v) is 9.69. The molecule has 182 valence electrons. The number of nitrogens with zero attached hydrogens (tertiary/aromatic N) is 4. The lowest BCUT2D eigenvalue weighted by Gasteiger charge is -2.15. The summed E-state index contributed by atoms with van der Waals surface area (Å²) in [5, 5.41) is 18.0. The lowest BCUT2D eigenvalue weighted by Crippen LogP contribution is -2.32. The number of anilines is 1. The van der Waals surface area contributed by atoms with Gasteiger partial charge in [0.1, 0.15) is 29.6 Å². The molecule has 12 nitrogen and oxygen atoms in total. The highest BCUT2D eigenvalue weighted by Crippen LogP contribution is 2.29. The summed E-state index contributed by atoms with van der Waals surface area (Å²) >= 11 is 5.84. The van der Waals surface area contributed by atoms with Gasteiger partial charge in [0, 0.05) is 30.9 Å². The van der Waals surface area contributed by atoms with E-state index < -0.39 is 28.1 Å². The first-order valence-corrected chi connectivity index (χ1v) is 12.2. The van der Waals surface area contributed by atoms with Gasteiger partial charge >= 0.3 is 10.3 Å². The molecule has 0 amide bonds. The monoisotopic (exact) mass is 510 g/mol. The molecular formula is C20H23ClN6O6S. The lowest BCUT2D eigenvalue weighted by atomic mass is 10.1. The SMILES string of the molecule is C[C@@H](c1ccc(Cl)o1)n1ccc(C(=O)c2cncnc2N[C@@H]2C[C@H](CNS(=O)(=O)O)[C@@H](O)C2)n1. The van der Waals surface area contributed by atoms with Crippen LogP contribution in [-0.4, -0.2) is 62.3 Å². The molecule has 3 aromatic rings. The number of nitrogens with one attached hydrogen (secondary N) is 2. The van der Waals surface area contributed by atoms with Crippen molar-refractivity contribution in [1.82, 2.24) is 24.5 Å². The fourth-order valence-corrected chi connectivity index (χ4v) is 4.53. The number of carbonyl (C=O) groups is 1. The molecule has 34 heavy (non-hydrogen) atoms. The summed E-state index contributed by atoms with van der Waals surface area (Å²) in [4.78, 5) is 21.3. The minimum absolute atomic E-state index is 0.107. The quantitative estimate of drug-likeness (QED) is 0.245. The molecule has 1 saturated carbocycles. The van der Waals surface area contributed by atoms with Crippen molar-refractivity contribution < 1.29 is 27.3 Å². The van der Waals surface area contributed by atoms with Crippen LogP contribution in [0.15, 0.2) is 41.3 Å². The zero-order valence-corrected chi connectivity index (χ0v) is 19.6. The van der Waals surface area contributed by atoms with Crippen molar-refractivity contribution in [2.24, 2.45) is 5.92 Å². The number of aromatic nitrogens is 4. The average molecular weight is 511 g/mol. The van der Waals surface area contributed by atoms with Crippen LogP contribution in [0.5, 0.6) is 0 Å². The highest BCUT2D eigenvalue weighted by molar-refractivity contribution is 7.83. The first kappa shape index (κ1) is 24.3. The normalized spacial score (nSPS) is 21.5. The number of carbonyl (C=O) groups excluding carboxylic acids is 1. The number of rotatable bonds is 9. The predicted molar refractivity (Wildman–Crippen MR) is 121 cm³/mol. The second kappa shape index (κ2) is 9.80. The molecule has 1 aliphatic carbocycles. The van der Waals surface area contributed by atoms with E-state index >= 15 is 0 Å². The van der Waals surface area contributed by atoms with Crippen LogP contribution in [0.1, 0.15) is 47.6 Å². The first-order chi connectivity index (χ1) is 16.1. The molecule has 0 saturated heterocycles. The van der Waals surface area contributed by atoms with E-state index in [1.807, 2.05) is 11.6 Å². The molecule has 1 aliphatic rings. The van der Waals surface area contributed by atoms with Crippen molar-refractivity contribution in [1.29, 1.82) is 0 Å². The third-order valence-electron chi connectivity index (χ3n) is 5.73. The summed E-state index contributed by atoms with van der Waals surface area (Å²) in [6.45, 7) is 1.75. The van der Waals surface area contributed by atoms with E-state index in [9.17, 15) is 18.3 Å². The molecular weight excluding hydrogens is 488 g/mol. The largest absolute Gasteiger partial charge is 0.447 e. The van der Waals surface area contributed by atoms with E-state index in [-0.39, 0.29) is 40.9 Å². The van der Waals surface area contributed by atoms with Crippen molar-refractivity contribution in [3.05, 3.63) is 59.2 Å². The van der Waals surface area contributed by atoms with Gasteiger partial charge in [-0.05, 0) is 49.6 Å².